The molecular formula is C27H35FN7O4+. The molecule has 4 rings (SSSR count). The van der Waals surface area contributed by atoms with Gasteiger partial charge in [-0.15, -0.1) is 5.10 Å². The van der Waals surface area contributed by atoms with E-state index in [0.717, 1.165) is 12.8 Å². The molecule has 0 bridgehead atoms. The monoisotopic (exact) mass is 540 g/mol. The number of aromatic nitrogens is 2. The molecule has 1 fully saturated rings. The molecule has 8 N–H and O–H groups in total. The first-order valence-corrected chi connectivity index (χ1v) is 12.8. The van der Waals surface area contributed by atoms with Crippen molar-refractivity contribution < 1.29 is 29.2 Å². The molecule has 1 saturated carbocycles. The molecule has 3 aromatic rings. The third-order valence-electron chi connectivity index (χ3n) is 6.70. The summed E-state index contributed by atoms with van der Waals surface area (Å²) in [5.41, 5.74) is 8.97. The van der Waals surface area contributed by atoms with E-state index in [2.05, 4.69) is 21.0 Å². The standard InChI is InChI=1S/C27H34FN7O4/c1-14-21(15-9-10-35-18(11-15)12-20(34-35)33-25(36)37)19(13-29)23(30)24(22(14)28)31-16-5-7-17(8-6-16)32-26(38)39-27(2,3)4/h9-13,16-17,29,31H,5-8,30H2,1-4H3,(H,32,38)(H,33,34)(H,36,37)/p+1. The van der Waals surface area contributed by atoms with Gasteiger partial charge >= 0.3 is 12.2 Å². The van der Waals surface area contributed by atoms with Crippen molar-refractivity contribution in [2.24, 2.45) is 0 Å². The molecule has 0 spiro atoms. The largest absolute Gasteiger partial charge is 0.465 e. The van der Waals surface area contributed by atoms with Crippen LogP contribution in [0.4, 0.5) is 31.2 Å². The van der Waals surface area contributed by atoms with Gasteiger partial charge in [-0.2, -0.15) is 0 Å². The van der Waals surface area contributed by atoms with Gasteiger partial charge in [-0.25, -0.2) is 18.5 Å². The number of hydrogen-bond donors (Lipinski definition) is 6. The first-order valence-electron chi connectivity index (χ1n) is 12.8. The van der Waals surface area contributed by atoms with Crippen molar-refractivity contribution in [3.63, 3.8) is 0 Å². The third kappa shape index (κ3) is 6.21. The number of pyridine rings is 1. The number of alkyl carbamates (subject to hydrolysis) is 1. The lowest BCUT2D eigenvalue weighted by Crippen LogP contribution is -2.42. The Bertz CT molecular complexity index is 1420. The van der Waals surface area contributed by atoms with Gasteiger partial charge in [0.2, 0.25) is 0 Å². The molecule has 0 atom stereocenters. The number of carbonyl (C=O) groups is 2. The molecule has 0 saturated heterocycles. The number of fused-ring (bicyclic) bond motifs is 1. The number of benzene rings is 1. The minimum Gasteiger partial charge on any atom is -0.465 e. The number of amides is 2. The quantitative estimate of drug-likeness (QED) is 0.205. The molecular weight excluding hydrogens is 505 g/mol. The van der Waals surface area contributed by atoms with E-state index in [1.165, 1.54) is 10.7 Å². The third-order valence-corrected chi connectivity index (χ3v) is 6.70. The molecule has 1 aliphatic rings. The number of hydrogen-bond acceptors (Lipinski definition) is 6. The predicted octanol–water partition coefficient (Wildman–Crippen LogP) is 3.55. The Labute approximate surface area is 225 Å². The molecule has 0 unspecified atom stereocenters. The molecule has 11 nitrogen and oxygen atoms in total. The van der Waals surface area contributed by atoms with Crippen LogP contribution in [0.5, 0.6) is 0 Å². The first kappa shape index (κ1) is 27.7. The molecule has 12 heteroatoms. The van der Waals surface area contributed by atoms with Crippen molar-refractivity contribution >= 4 is 41.1 Å². The van der Waals surface area contributed by atoms with Gasteiger partial charge in [0.1, 0.15) is 5.60 Å². The summed E-state index contributed by atoms with van der Waals surface area (Å²) in [6, 6.07) is 5.03. The minimum atomic E-state index is -1.22. The van der Waals surface area contributed by atoms with E-state index in [9.17, 15) is 9.59 Å². The molecule has 1 aromatic carbocycles. The average Bonchev–Trinajstić information content (AvgIpc) is 3.24. The second-order valence-corrected chi connectivity index (χ2v) is 10.8. The van der Waals surface area contributed by atoms with E-state index >= 15 is 4.39 Å². The summed E-state index contributed by atoms with van der Waals surface area (Å²) < 4.78 is 22.6. The Morgan fingerprint density at radius 1 is 1.23 bits per heavy atom. The van der Waals surface area contributed by atoms with Crippen LogP contribution in [-0.4, -0.2) is 50.8 Å². The van der Waals surface area contributed by atoms with Gasteiger partial charge < -0.3 is 26.2 Å². The summed E-state index contributed by atoms with van der Waals surface area (Å²) in [4.78, 5) is 23.1. The average molecular weight is 541 g/mol. The van der Waals surface area contributed by atoms with Crippen LogP contribution in [-0.2, 0) is 4.74 Å². The zero-order chi connectivity index (χ0) is 28.5. The maximum atomic E-state index is 15.8. The second kappa shape index (κ2) is 10.8. The maximum Gasteiger partial charge on any atom is 0.410 e. The van der Waals surface area contributed by atoms with Gasteiger partial charge in [0.25, 0.3) is 0 Å². The summed E-state index contributed by atoms with van der Waals surface area (Å²) in [7, 11) is 0. The second-order valence-electron chi connectivity index (χ2n) is 10.8. The van der Waals surface area contributed by atoms with Crippen LogP contribution in [0.2, 0.25) is 0 Å². The summed E-state index contributed by atoms with van der Waals surface area (Å²) in [6.07, 6.45) is 4.22. The lowest BCUT2D eigenvalue weighted by atomic mass is 9.89. The fraction of sp³-hybridized carbons (Fsp3) is 0.407. The van der Waals surface area contributed by atoms with Gasteiger partial charge in [0.15, 0.2) is 17.8 Å². The zero-order valence-electron chi connectivity index (χ0n) is 22.5. The normalized spacial score (nSPS) is 17.5. The summed E-state index contributed by atoms with van der Waals surface area (Å²) in [5, 5.41) is 27.5. The number of rotatable bonds is 6. The number of ether oxygens (including phenoxy) is 1. The number of halogens is 1. The molecule has 208 valence electrons. The molecule has 39 heavy (non-hydrogen) atoms. The highest BCUT2D eigenvalue weighted by Gasteiger charge is 2.28. The fourth-order valence-electron chi connectivity index (χ4n) is 4.95. The lowest BCUT2D eigenvalue weighted by molar-refractivity contribution is -0.104. The minimum absolute atomic E-state index is 0.0122. The lowest BCUT2D eigenvalue weighted by Gasteiger charge is -2.31. The van der Waals surface area contributed by atoms with E-state index in [4.69, 9.17) is 21.0 Å². The topological polar surface area (TPSA) is 169 Å². The van der Waals surface area contributed by atoms with E-state index in [1.54, 1.807) is 31.3 Å². The van der Waals surface area contributed by atoms with Crippen molar-refractivity contribution in [3.05, 3.63) is 41.3 Å². The zero-order valence-corrected chi connectivity index (χ0v) is 22.5. The van der Waals surface area contributed by atoms with Crippen molar-refractivity contribution in [1.82, 2.24) is 14.9 Å². The van der Waals surface area contributed by atoms with E-state index in [-0.39, 0.29) is 29.3 Å². The van der Waals surface area contributed by atoms with Crippen LogP contribution in [0.3, 0.4) is 0 Å². The van der Waals surface area contributed by atoms with Crippen LogP contribution < -0.4 is 27.1 Å². The van der Waals surface area contributed by atoms with Crippen LogP contribution in [0.15, 0.2) is 24.4 Å². The highest BCUT2D eigenvalue weighted by Crippen LogP contribution is 2.39. The molecule has 1 aliphatic carbocycles. The van der Waals surface area contributed by atoms with Crippen molar-refractivity contribution in [3.8, 4) is 11.1 Å². The number of carbonyl (C=O) groups excluding carboxylic acids is 1. The Kier molecular flexibility index (Phi) is 7.66. The van der Waals surface area contributed by atoms with Gasteiger partial charge in [0.05, 0.1) is 22.5 Å². The molecule has 2 aromatic heterocycles. The van der Waals surface area contributed by atoms with Crippen LogP contribution in [0, 0.1) is 12.7 Å². The summed E-state index contributed by atoms with van der Waals surface area (Å²) >= 11 is 0. The molecule has 0 radical (unpaired) electrons. The maximum absolute atomic E-state index is 15.8. The van der Waals surface area contributed by atoms with Crippen molar-refractivity contribution in [2.45, 2.75) is 71.1 Å². The molecule has 2 amide bonds. The van der Waals surface area contributed by atoms with Gasteiger partial charge in [-0.05, 0) is 76.6 Å². The number of anilines is 3. The Hall–Kier alpha value is -4.35. The number of nitrogens with two attached hydrogens (primary N) is 2. The Morgan fingerprint density at radius 2 is 1.90 bits per heavy atom. The highest BCUT2D eigenvalue weighted by atomic mass is 19.1. The van der Waals surface area contributed by atoms with Crippen LogP contribution >= 0.6 is 0 Å². The number of carboxylic acid groups (broad SMARTS) is 1. The van der Waals surface area contributed by atoms with Crippen molar-refractivity contribution in [1.29, 1.82) is 0 Å². The Balaban J connectivity index is 1.54. The van der Waals surface area contributed by atoms with E-state index in [0.29, 0.717) is 40.6 Å². The smallest absolute Gasteiger partial charge is 0.410 e. The van der Waals surface area contributed by atoms with Crippen LogP contribution in [0.25, 0.3) is 16.6 Å². The van der Waals surface area contributed by atoms with Crippen molar-refractivity contribution in [2.75, 3.05) is 16.4 Å². The SMILES string of the molecule is Cc1c(F)c(NC2CCC(NC(=O)OC(C)(C)C)CC2)c(N)c(C=[NH2+])c1-c1ccn2nc(NC(=O)O)cc2c1. The van der Waals surface area contributed by atoms with E-state index < -0.39 is 23.6 Å². The Morgan fingerprint density at radius 3 is 2.51 bits per heavy atom. The first-order chi connectivity index (χ1) is 18.4. The van der Waals surface area contributed by atoms with Crippen LogP contribution in [0.1, 0.15) is 57.6 Å². The fourth-order valence-corrected chi connectivity index (χ4v) is 4.95. The van der Waals surface area contributed by atoms with E-state index in [1.807, 2.05) is 20.8 Å². The van der Waals surface area contributed by atoms with Gasteiger partial charge in [-0.3, -0.25) is 10.7 Å². The summed E-state index contributed by atoms with van der Waals surface area (Å²) in [6.45, 7) is 7.12. The summed E-state index contributed by atoms with van der Waals surface area (Å²) in [5.74, 6) is -0.299. The van der Waals surface area contributed by atoms with Gasteiger partial charge in [-0.1, -0.05) is 0 Å². The molecule has 0 aliphatic heterocycles. The molecule has 2 heterocycles. The highest BCUT2D eigenvalue weighted by molar-refractivity contribution is 6.00. The predicted molar refractivity (Wildman–Crippen MR) is 148 cm³/mol. The number of nitrogen functional groups attached to an aromatic ring is 1. The number of nitrogens with zero attached hydrogens (tertiary/aromatic N) is 2. The number of nitrogens with one attached hydrogen (secondary N) is 3. The van der Waals surface area contributed by atoms with Gasteiger partial charge in [0, 0.05) is 29.9 Å².